The first kappa shape index (κ1) is 27.0. The van der Waals surface area contributed by atoms with Gasteiger partial charge in [0.05, 0.1) is 18.6 Å². The van der Waals surface area contributed by atoms with Gasteiger partial charge in [-0.05, 0) is 60.5 Å². The highest BCUT2D eigenvalue weighted by Gasteiger charge is 2.29. The minimum atomic E-state index is -0.322. The summed E-state index contributed by atoms with van der Waals surface area (Å²) in [6.07, 6.45) is 7.19. The van der Waals surface area contributed by atoms with E-state index in [-0.39, 0.29) is 18.0 Å². The first-order valence-corrected chi connectivity index (χ1v) is 14.8. The van der Waals surface area contributed by atoms with Crippen molar-refractivity contribution in [3.05, 3.63) is 119 Å². The molecule has 1 fully saturated rings. The average molecular weight is 547 g/mol. The minimum Gasteiger partial charge on any atom is -0.361 e. The number of aromatic amines is 1. The second-order valence-electron chi connectivity index (χ2n) is 11.0. The van der Waals surface area contributed by atoms with Crippen LogP contribution in [-0.2, 0) is 37.0 Å². The Morgan fingerprint density at radius 3 is 2.51 bits per heavy atom. The van der Waals surface area contributed by atoms with Gasteiger partial charge in [-0.3, -0.25) is 4.79 Å². The summed E-state index contributed by atoms with van der Waals surface area (Å²) >= 11 is 0. The van der Waals surface area contributed by atoms with Gasteiger partial charge in [0.2, 0.25) is 5.91 Å². The first-order valence-electron chi connectivity index (χ1n) is 14.8. The first-order chi connectivity index (χ1) is 20.2. The third-order valence-corrected chi connectivity index (χ3v) is 8.21. The molecule has 7 nitrogen and oxygen atoms in total. The van der Waals surface area contributed by atoms with Crippen LogP contribution in [0, 0.1) is 0 Å². The lowest BCUT2D eigenvalue weighted by Gasteiger charge is -2.22. The van der Waals surface area contributed by atoms with Gasteiger partial charge >= 0.3 is 0 Å². The summed E-state index contributed by atoms with van der Waals surface area (Å²) in [5.74, 6) is 1.75. The van der Waals surface area contributed by atoms with E-state index in [0.29, 0.717) is 13.0 Å². The van der Waals surface area contributed by atoms with Crippen LogP contribution < -0.4 is 10.6 Å². The topological polar surface area (TPSA) is 87.6 Å². The second kappa shape index (κ2) is 12.5. The van der Waals surface area contributed by atoms with E-state index in [2.05, 4.69) is 100 Å². The number of rotatable bonds is 11. The van der Waals surface area contributed by atoms with Crippen molar-refractivity contribution in [1.29, 1.82) is 0 Å². The summed E-state index contributed by atoms with van der Waals surface area (Å²) in [6, 6.07) is 27.1. The van der Waals surface area contributed by atoms with Crippen molar-refractivity contribution < 1.29 is 4.79 Å². The molecule has 0 bridgehead atoms. The van der Waals surface area contributed by atoms with Gasteiger partial charge in [-0.25, -0.2) is 0 Å². The normalized spacial score (nSPS) is 15.8. The van der Waals surface area contributed by atoms with Gasteiger partial charge in [0.15, 0.2) is 5.82 Å². The van der Waals surface area contributed by atoms with Gasteiger partial charge in [0.1, 0.15) is 5.82 Å². The summed E-state index contributed by atoms with van der Waals surface area (Å²) in [5, 5.41) is 17.4. The van der Waals surface area contributed by atoms with Gasteiger partial charge in [-0.1, -0.05) is 79.7 Å². The number of nitrogens with one attached hydrogen (secondary N) is 3. The van der Waals surface area contributed by atoms with Crippen LogP contribution >= 0.6 is 0 Å². The molecule has 3 N–H and O–H groups in total. The molecule has 1 amide bonds. The van der Waals surface area contributed by atoms with Crippen LogP contribution in [-0.4, -0.2) is 38.2 Å². The molecule has 5 aromatic rings. The van der Waals surface area contributed by atoms with Crippen molar-refractivity contribution in [3.8, 4) is 0 Å². The zero-order chi connectivity index (χ0) is 28.0. The number of benzene rings is 3. The minimum absolute atomic E-state index is 0.0278. The Hall–Kier alpha value is -4.23. The Morgan fingerprint density at radius 2 is 1.73 bits per heavy atom. The molecule has 2 atom stereocenters. The van der Waals surface area contributed by atoms with E-state index in [1.165, 1.54) is 16.7 Å². The SMILES string of the molecule is CCc1ccc(Cn2c(CCc3ccccc3)nnc2[C@@H](Cc2c[nH]c3ccccc23)NC(=O)[C@@H]2CCCN2)cc1. The summed E-state index contributed by atoms with van der Waals surface area (Å²) in [7, 11) is 0. The van der Waals surface area contributed by atoms with Gasteiger partial charge in [0, 0.05) is 29.9 Å². The highest BCUT2D eigenvalue weighted by molar-refractivity contribution is 5.84. The predicted octanol–water partition coefficient (Wildman–Crippen LogP) is 5.31. The number of amides is 1. The molecule has 0 aliphatic carbocycles. The van der Waals surface area contributed by atoms with Crippen LogP contribution in [0.15, 0.2) is 85.1 Å². The van der Waals surface area contributed by atoms with Crippen LogP contribution in [0.3, 0.4) is 0 Å². The van der Waals surface area contributed by atoms with Crippen molar-refractivity contribution >= 4 is 16.8 Å². The molecule has 0 unspecified atom stereocenters. The fraction of sp³-hybridized carbons (Fsp3) is 0.324. The van der Waals surface area contributed by atoms with Crippen LogP contribution in [0.5, 0.6) is 0 Å². The third-order valence-electron chi connectivity index (χ3n) is 8.21. The second-order valence-corrected chi connectivity index (χ2v) is 11.0. The summed E-state index contributed by atoms with van der Waals surface area (Å²) in [4.78, 5) is 16.8. The number of hydrogen-bond acceptors (Lipinski definition) is 4. The number of hydrogen-bond donors (Lipinski definition) is 3. The average Bonchev–Trinajstić information content (AvgIpc) is 3.78. The van der Waals surface area contributed by atoms with Crippen LogP contribution in [0.4, 0.5) is 0 Å². The zero-order valence-electron chi connectivity index (χ0n) is 23.6. The fourth-order valence-electron chi connectivity index (χ4n) is 5.84. The van der Waals surface area contributed by atoms with Crippen molar-refractivity contribution in [2.45, 2.75) is 64.1 Å². The summed E-state index contributed by atoms with van der Waals surface area (Å²) in [6.45, 7) is 3.70. The summed E-state index contributed by atoms with van der Waals surface area (Å²) in [5.41, 5.74) is 6.02. The van der Waals surface area contributed by atoms with E-state index in [4.69, 9.17) is 10.2 Å². The maximum atomic E-state index is 13.4. The smallest absolute Gasteiger partial charge is 0.237 e. The van der Waals surface area contributed by atoms with Gasteiger partial charge < -0.3 is 20.2 Å². The molecular formula is C34H38N6O. The Morgan fingerprint density at radius 1 is 0.951 bits per heavy atom. The maximum Gasteiger partial charge on any atom is 0.237 e. The van der Waals surface area contributed by atoms with E-state index < -0.39 is 0 Å². The molecule has 1 aliphatic heterocycles. The van der Waals surface area contributed by atoms with Crippen molar-refractivity contribution in [1.82, 2.24) is 30.4 Å². The molecule has 3 aromatic carbocycles. The molecule has 41 heavy (non-hydrogen) atoms. The van der Waals surface area contributed by atoms with E-state index in [9.17, 15) is 4.79 Å². The van der Waals surface area contributed by atoms with Gasteiger partial charge in [0.25, 0.3) is 0 Å². The number of H-pyrrole nitrogens is 1. The van der Waals surface area contributed by atoms with Gasteiger partial charge in [-0.15, -0.1) is 10.2 Å². The van der Waals surface area contributed by atoms with E-state index >= 15 is 0 Å². The fourth-order valence-corrected chi connectivity index (χ4v) is 5.84. The predicted molar refractivity (Wildman–Crippen MR) is 163 cm³/mol. The van der Waals surface area contributed by atoms with E-state index in [0.717, 1.165) is 66.8 Å². The van der Waals surface area contributed by atoms with Crippen molar-refractivity contribution in [2.24, 2.45) is 0 Å². The monoisotopic (exact) mass is 546 g/mol. The molecule has 0 saturated carbocycles. The quantitative estimate of drug-likeness (QED) is 0.210. The Labute approximate surface area is 241 Å². The van der Waals surface area contributed by atoms with Crippen LogP contribution in [0.25, 0.3) is 10.9 Å². The maximum absolute atomic E-state index is 13.4. The number of carbonyl (C=O) groups excluding carboxylic acids is 1. The summed E-state index contributed by atoms with van der Waals surface area (Å²) < 4.78 is 2.23. The Bertz CT molecular complexity index is 1580. The van der Waals surface area contributed by atoms with Crippen LogP contribution in [0.1, 0.15) is 59.7 Å². The molecule has 1 saturated heterocycles. The highest BCUT2D eigenvalue weighted by atomic mass is 16.2. The number of aryl methyl sites for hydroxylation is 3. The van der Waals surface area contributed by atoms with Gasteiger partial charge in [-0.2, -0.15) is 0 Å². The number of nitrogens with zero attached hydrogens (tertiary/aromatic N) is 3. The van der Waals surface area contributed by atoms with Crippen molar-refractivity contribution in [2.75, 3.05) is 6.54 Å². The zero-order valence-corrected chi connectivity index (χ0v) is 23.6. The molecule has 6 rings (SSSR count). The molecule has 1 aliphatic rings. The Balaban J connectivity index is 1.36. The number of para-hydroxylation sites is 1. The molecule has 7 heteroatoms. The Kier molecular flexibility index (Phi) is 8.23. The standard InChI is InChI=1S/C34H38N6O/c1-2-24-14-16-26(17-15-24)23-40-32(19-18-25-9-4-3-5-10-25)38-39-33(40)31(37-34(41)30-13-8-20-35-30)21-27-22-36-29-12-7-6-11-28(27)29/h3-7,9-12,14-17,22,30-31,35-36H,2,8,13,18-21,23H2,1H3,(H,37,41)/t30-,31+/m0/s1. The van der Waals surface area contributed by atoms with E-state index in [1.54, 1.807) is 0 Å². The van der Waals surface area contributed by atoms with Crippen molar-refractivity contribution in [3.63, 3.8) is 0 Å². The number of aromatic nitrogens is 4. The highest BCUT2D eigenvalue weighted by Crippen LogP contribution is 2.26. The molecule has 3 heterocycles. The molecule has 0 radical (unpaired) electrons. The lowest BCUT2D eigenvalue weighted by Crippen LogP contribution is -2.43. The number of carbonyl (C=O) groups is 1. The molecule has 2 aromatic heterocycles. The lowest BCUT2D eigenvalue weighted by molar-refractivity contribution is -0.123. The molecule has 210 valence electrons. The lowest BCUT2D eigenvalue weighted by atomic mass is 10.0. The number of fused-ring (bicyclic) bond motifs is 1. The molecular weight excluding hydrogens is 508 g/mol. The van der Waals surface area contributed by atoms with Crippen LogP contribution in [0.2, 0.25) is 0 Å². The third kappa shape index (κ3) is 6.25. The largest absolute Gasteiger partial charge is 0.361 e. The van der Waals surface area contributed by atoms with E-state index in [1.807, 2.05) is 12.1 Å². The molecule has 0 spiro atoms.